The third kappa shape index (κ3) is 5.28. The molecule has 0 aliphatic carbocycles. The maximum Gasteiger partial charge on any atom is 0.418 e. The molecular formula is C22H29F3N2O2S. The molecule has 0 bridgehead atoms. The lowest BCUT2D eigenvalue weighted by Crippen LogP contribution is -2.49. The molecule has 0 radical (unpaired) electrons. The lowest BCUT2D eigenvalue weighted by atomic mass is 9.88. The number of aliphatic imine (C=N–C) groups is 1. The summed E-state index contributed by atoms with van der Waals surface area (Å²) in [6.45, 7) is 11.2. The second-order valence-electron chi connectivity index (χ2n) is 8.32. The van der Waals surface area contributed by atoms with Crippen molar-refractivity contribution in [2.75, 3.05) is 0 Å². The lowest BCUT2D eigenvalue weighted by Gasteiger charge is -2.40. The molecule has 0 fully saturated rings. The van der Waals surface area contributed by atoms with Crippen molar-refractivity contribution in [3.63, 3.8) is 0 Å². The first-order chi connectivity index (χ1) is 13.7. The molecule has 4 nitrogen and oxygen atoms in total. The number of hydrogen-bond acceptors (Lipinski definition) is 5. The molecule has 0 saturated heterocycles. The number of thiazole rings is 1. The average molecular weight is 443 g/mol. The Hall–Kier alpha value is -1.77. The van der Waals surface area contributed by atoms with Crippen LogP contribution < -0.4 is 0 Å². The van der Waals surface area contributed by atoms with Crippen LogP contribution in [0.2, 0.25) is 0 Å². The first-order valence-corrected chi connectivity index (χ1v) is 10.6. The van der Waals surface area contributed by atoms with Crippen LogP contribution in [0, 0.1) is 6.92 Å². The van der Waals surface area contributed by atoms with Gasteiger partial charge in [-0.1, -0.05) is 19.1 Å². The second-order valence-corrected chi connectivity index (χ2v) is 9.22. The molecule has 166 valence electrons. The van der Waals surface area contributed by atoms with Crippen LogP contribution in [0.25, 0.3) is 10.6 Å². The topological polar surface area (TPSA) is 54.7 Å². The Morgan fingerprint density at radius 1 is 1.23 bits per heavy atom. The van der Waals surface area contributed by atoms with Gasteiger partial charge in [0.15, 0.2) is 6.10 Å². The minimum atomic E-state index is -4.69. The van der Waals surface area contributed by atoms with Gasteiger partial charge in [-0.3, -0.25) is 4.99 Å². The van der Waals surface area contributed by atoms with Gasteiger partial charge in [0.25, 0.3) is 0 Å². The molecule has 30 heavy (non-hydrogen) atoms. The van der Waals surface area contributed by atoms with Crippen LogP contribution in [0.15, 0.2) is 28.7 Å². The Balaban J connectivity index is 2.73. The molecule has 2 aromatic rings. The highest BCUT2D eigenvalue weighted by atomic mass is 32.1. The Morgan fingerprint density at radius 2 is 1.87 bits per heavy atom. The van der Waals surface area contributed by atoms with Gasteiger partial charge in [0, 0.05) is 28.4 Å². The van der Waals surface area contributed by atoms with Crippen LogP contribution in [0.5, 0.6) is 0 Å². The predicted octanol–water partition coefficient (Wildman–Crippen LogP) is 6.79. The average Bonchev–Trinajstić information content (AvgIpc) is 3.14. The van der Waals surface area contributed by atoms with Gasteiger partial charge in [0.05, 0.1) is 16.9 Å². The fraction of sp³-hybridized carbons (Fsp3) is 0.545. The molecule has 0 amide bonds. The second kappa shape index (κ2) is 8.77. The summed E-state index contributed by atoms with van der Waals surface area (Å²) in [6, 6.07) is 3.03. The van der Waals surface area contributed by atoms with Gasteiger partial charge in [-0.25, -0.2) is 4.98 Å². The smallest absolute Gasteiger partial charge is 0.387 e. The SMILES string of the molecule is CCC(C)=Nc1c(C(OC(C)(C)C(C)(C)O)C(F)(F)F)ccc(-c2nccs2)c1C. The Kier molecular flexibility index (Phi) is 7.16. The van der Waals surface area contributed by atoms with E-state index >= 15 is 0 Å². The lowest BCUT2D eigenvalue weighted by molar-refractivity contribution is -0.276. The van der Waals surface area contributed by atoms with Crippen molar-refractivity contribution in [3.8, 4) is 10.6 Å². The summed E-state index contributed by atoms with van der Waals surface area (Å²) in [5.41, 5.74) is -0.752. The van der Waals surface area contributed by atoms with Crippen LogP contribution in [-0.2, 0) is 4.74 Å². The molecule has 1 aromatic heterocycles. The first-order valence-electron chi connectivity index (χ1n) is 9.73. The zero-order valence-corrected chi connectivity index (χ0v) is 19.2. The number of aromatic nitrogens is 1. The summed E-state index contributed by atoms with van der Waals surface area (Å²) in [5, 5.41) is 12.9. The molecule has 0 aliphatic rings. The predicted molar refractivity (Wildman–Crippen MR) is 116 cm³/mol. The van der Waals surface area contributed by atoms with Crippen molar-refractivity contribution in [3.05, 3.63) is 34.8 Å². The van der Waals surface area contributed by atoms with E-state index in [-0.39, 0.29) is 11.3 Å². The number of benzene rings is 1. The van der Waals surface area contributed by atoms with E-state index in [1.54, 1.807) is 26.1 Å². The Bertz CT molecular complexity index is 898. The van der Waals surface area contributed by atoms with Crippen molar-refractivity contribution < 1.29 is 23.0 Å². The van der Waals surface area contributed by atoms with E-state index in [2.05, 4.69) is 9.98 Å². The summed E-state index contributed by atoms with van der Waals surface area (Å²) in [5.74, 6) is 0. The minimum Gasteiger partial charge on any atom is -0.387 e. The summed E-state index contributed by atoms with van der Waals surface area (Å²) in [6.07, 6.45) is -4.68. The van der Waals surface area contributed by atoms with E-state index in [9.17, 15) is 18.3 Å². The van der Waals surface area contributed by atoms with Gasteiger partial charge in [-0.2, -0.15) is 13.2 Å². The van der Waals surface area contributed by atoms with Crippen LogP contribution in [0.1, 0.15) is 65.2 Å². The number of rotatable bonds is 7. The van der Waals surface area contributed by atoms with Crippen molar-refractivity contribution >= 4 is 22.7 Å². The quantitative estimate of drug-likeness (QED) is 0.480. The molecule has 1 atom stereocenters. The Labute approximate surface area is 179 Å². The molecule has 0 saturated carbocycles. The number of ether oxygens (including phenoxy) is 1. The van der Waals surface area contributed by atoms with Gasteiger partial charge < -0.3 is 9.84 Å². The molecule has 8 heteroatoms. The highest BCUT2D eigenvalue weighted by Gasteiger charge is 2.49. The normalized spacial score (nSPS) is 14.8. The first kappa shape index (κ1) is 24.5. The summed E-state index contributed by atoms with van der Waals surface area (Å²) in [7, 11) is 0. The van der Waals surface area contributed by atoms with Crippen molar-refractivity contribution in [2.24, 2.45) is 4.99 Å². The monoisotopic (exact) mass is 442 g/mol. The van der Waals surface area contributed by atoms with Gasteiger partial charge in [0.1, 0.15) is 5.01 Å². The fourth-order valence-electron chi connectivity index (χ4n) is 2.68. The molecular weight excluding hydrogens is 413 g/mol. The van der Waals surface area contributed by atoms with E-state index in [4.69, 9.17) is 4.74 Å². The minimum absolute atomic E-state index is 0.0783. The third-order valence-corrected chi connectivity index (χ3v) is 6.21. The maximum atomic E-state index is 14.2. The number of nitrogens with zero attached hydrogens (tertiary/aromatic N) is 2. The summed E-state index contributed by atoms with van der Waals surface area (Å²) < 4.78 is 48.0. The van der Waals surface area contributed by atoms with Gasteiger partial charge in [-0.05, 0) is 53.5 Å². The highest BCUT2D eigenvalue weighted by Crippen LogP contribution is 2.47. The zero-order chi connectivity index (χ0) is 22.9. The van der Waals surface area contributed by atoms with E-state index in [0.717, 1.165) is 5.56 Å². The molecule has 1 N–H and O–H groups in total. The van der Waals surface area contributed by atoms with Gasteiger partial charge >= 0.3 is 6.18 Å². The molecule has 1 heterocycles. The number of hydrogen-bond donors (Lipinski definition) is 1. The van der Waals surface area contributed by atoms with Crippen LogP contribution in [-0.4, -0.2) is 33.2 Å². The van der Waals surface area contributed by atoms with Crippen LogP contribution in [0.3, 0.4) is 0 Å². The number of aliphatic hydroxyl groups is 1. The zero-order valence-electron chi connectivity index (χ0n) is 18.4. The van der Waals surface area contributed by atoms with E-state index in [1.807, 2.05) is 12.3 Å². The fourth-order valence-corrected chi connectivity index (χ4v) is 3.41. The number of alkyl halides is 3. The molecule has 1 unspecified atom stereocenters. The highest BCUT2D eigenvalue weighted by molar-refractivity contribution is 7.13. The third-order valence-electron chi connectivity index (χ3n) is 5.40. The molecule has 0 spiro atoms. The van der Waals surface area contributed by atoms with Gasteiger partial charge in [0.2, 0.25) is 0 Å². The van der Waals surface area contributed by atoms with Crippen LogP contribution in [0.4, 0.5) is 18.9 Å². The Morgan fingerprint density at radius 3 is 2.33 bits per heavy atom. The summed E-state index contributed by atoms with van der Waals surface area (Å²) >= 11 is 1.41. The molecule has 2 rings (SSSR count). The van der Waals surface area contributed by atoms with E-state index < -0.39 is 23.5 Å². The number of halogens is 3. The van der Waals surface area contributed by atoms with Crippen molar-refractivity contribution in [2.45, 2.75) is 78.4 Å². The van der Waals surface area contributed by atoms with Crippen molar-refractivity contribution in [1.82, 2.24) is 4.98 Å². The van der Waals surface area contributed by atoms with E-state index in [0.29, 0.717) is 22.7 Å². The van der Waals surface area contributed by atoms with Gasteiger partial charge in [-0.15, -0.1) is 11.3 Å². The summed E-state index contributed by atoms with van der Waals surface area (Å²) in [4.78, 5) is 8.81. The standard InChI is InChI=1S/C22H29F3N2O2S/c1-8-13(2)27-17-14(3)15(19-26-11-12-30-19)9-10-16(17)18(22(23,24)25)29-21(6,7)20(4,5)28/h9-12,18,28H,8H2,1-7H3. The molecule has 0 aliphatic heterocycles. The largest absolute Gasteiger partial charge is 0.418 e. The molecule has 1 aromatic carbocycles. The van der Waals surface area contributed by atoms with Crippen LogP contribution >= 0.6 is 11.3 Å². The maximum absolute atomic E-state index is 14.2. The van der Waals surface area contributed by atoms with E-state index in [1.165, 1.54) is 45.1 Å². The van der Waals surface area contributed by atoms with Crippen molar-refractivity contribution in [1.29, 1.82) is 0 Å².